The Hall–Kier alpha value is -1.30. The molecule has 0 aromatic rings. The monoisotopic (exact) mass is 257 g/mol. The molecule has 2 rings (SSSR count). The highest BCUT2D eigenvalue weighted by molar-refractivity contribution is 5.76. The van der Waals surface area contributed by atoms with Gasteiger partial charge < -0.3 is 19.1 Å². The van der Waals surface area contributed by atoms with E-state index in [0.717, 1.165) is 0 Å². The van der Waals surface area contributed by atoms with Crippen LogP contribution >= 0.6 is 0 Å². The van der Waals surface area contributed by atoms with E-state index in [9.17, 15) is 9.59 Å². The number of piperidine rings is 1. The molecule has 3 unspecified atom stereocenters. The third-order valence-corrected chi connectivity index (χ3v) is 2.99. The molecule has 0 bridgehead atoms. The lowest BCUT2D eigenvalue weighted by Crippen LogP contribution is -2.48. The Morgan fingerprint density at radius 3 is 2.50 bits per heavy atom. The van der Waals surface area contributed by atoms with E-state index >= 15 is 0 Å². The molecule has 0 aromatic carbocycles. The van der Waals surface area contributed by atoms with Crippen molar-refractivity contribution in [3.05, 3.63) is 0 Å². The minimum atomic E-state index is -0.543. The number of esters is 1. The summed E-state index contributed by atoms with van der Waals surface area (Å²) in [6.07, 6.45) is -0.572. The van der Waals surface area contributed by atoms with Gasteiger partial charge in [0.2, 0.25) is 0 Å². The van der Waals surface area contributed by atoms with Crippen LogP contribution in [0, 0.1) is 5.92 Å². The lowest BCUT2D eigenvalue weighted by atomic mass is 9.98. The molecule has 1 amide bonds. The second-order valence-electron chi connectivity index (χ2n) is 5.65. The molecule has 3 atom stereocenters. The molecule has 0 spiro atoms. The van der Waals surface area contributed by atoms with Crippen molar-refractivity contribution >= 4 is 12.1 Å². The van der Waals surface area contributed by atoms with Crippen molar-refractivity contribution in [2.45, 2.75) is 38.6 Å². The molecule has 2 fully saturated rings. The molecule has 0 N–H and O–H groups in total. The number of nitrogens with zero attached hydrogens (tertiary/aromatic N) is 1. The zero-order chi connectivity index (χ0) is 13.5. The topological polar surface area (TPSA) is 68.4 Å². The fraction of sp³-hybridized carbons (Fsp3) is 0.833. The Labute approximate surface area is 106 Å². The van der Waals surface area contributed by atoms with E-state index in [4.69, 9.17) is 14.2 Å². The van der Waals surface area contributed by atoms with Crippen molar-refractivity contribution in [2.24, 2.45) is 5.92 Å². The molecule has 2 saturated heterocycles. The number of epoxide rings is 1. The summed E-state index contributed by atoms with van der Waals surface area (Å²) in [6, 6.07) is 0. The van der Waals surface area contributed by atoms with Gasteiger partial charge in [-0.3, -0.25) is 4.79 Å². The highest BCUT2D eigenvalue weighted by Gasteiger charge is 2.54. The van der Waals surface area contributed by atoms with Gasteiger partial charge in [0.1, 0.15) is 23.7 Å². The number of rotatable bonds is 1. The van der Waals surface area contributed by atoms with E-state index < -0.39 is 17.6 Å². The quantitative estimate of drug-likeness (QED) is 0.513. The van der Waals surface area contributed by atoms with E-state index in [1.807, 2.05) is 20.8 Å². The average molecular weight is 257 g/mol. The van der Waals surface area contributed by atoms with Gasteiger partial charge >= 0.3 is 12.1 Å². The van der Waals surface area contributed by atoms with Crippen molar-refractivity contribution in [2.75, 3.05) is 20.2 Å². The Morgan fingerprint density at radius 2 is 1.94 bits per heavy atom. The number of hydrogen-bond donors (Lipinski definition) is 0. The molecule has 2 aliphatic rings. The molecule has 0 aromatic heterocycles. The number of fused-ring (bicyclic) bond motifs is 1. The third kappa shape index (κ3) is 2.75. The summed E-state index contributed by atoms with van der Waals surface area (Å²) >= 11 is 0. The van der Waals surface area contributed by atoms with Crippen LogP contribution in [0.2, 0.25) is 0 Å². The van der Waals surface area contributed by atoms with Gasteiger partial charge in [-0.25, -0.2) is 4.79 Å². The Kier molecular flexibility index (Phi) is 3.23. The molecule has 6 heteroatoms. The van der Waals surface area contributed by atoms with E-state index in [0.29, 0.717) is 13.1 Å². The van der Waals surface area contributed by atoms with Crippen molar-refractivity contribution in [1.82, 2.24) is 4.90 Å². The van der Waals surface area contributed by atoms with Crippen molar-refractivity contribution in [3.63, 3.8) is 0 Å². The predicted octanol–water partition coefficient (Wildman–Crippen LogP) is 0.794. The zero-order valence-electron chi connectivity index (χ0n) is 11.1. The van der Waals surface area contributed by atoms with Gasteiger partial charge in [0.25, 0.3) is 0 Å². The second kappa shape index (κ2) is 4.42. The maximum Gasteiger partial charge on any atom is 0.410 e. The largest absolute Gasteiger partial charge is 0.469 e. The first-order valence-electron chi connectivity index (χ1n) is 6.03. The minimum absolute atomic E-state index is 0.0598. The molecule has 2 aliphatic heterocycles. The molecule has 102 valence electrons. The summed E-state index contributed by atoms with van der Waals surface area (Å²) < 4.78 is 15.4. The number of hydrogen-bond acceptors (Lipinski definition) is 5. The van der Waals surface area contributed by atoms with Crippen LogP contribution in [0.25, 0.3) is 0 Å². The summed E-state index contributed by atoms with van der Waals surface area (Å²) in [4.78, 5) is 25.0. The number of methoxy groups -OCH3 is 1. The first kappa shape index (κ1) is 13.1. The van der Waals surface area contributed by atoms with E-state index in [2.05, 4.69) is 0 Å². The van der Waals surface area contributed by atoms with Gasteiger partial charge in [0.05, 0.1) is 13.7 Å². The molecule has 6 nitrogen and oxygen atoms in total. The Morgan fingerprint density at radius 1 is 1.28 bits per heavy atom. The van der Waals surface area contributed by atoms with Crippen LogP contribution in [0.5, 0.6) is 0 Å². The van der Waals surface area contributed by atoms with Crippen LogP contribution in [0.3, 0.4) is 0 Å². The summed E-state index contributed by atoms with van der Waals surface area (Å²) in [5.74, 6) is -0.739. The van der Waals surface area contributed by atoms with Crippen molar-refractivity contribution in [1.29, 1.82) is 0 Å². The number of carbonyl (C=O) groups excluding carboxylic acids is 2. The third-order valence-electron chi connectivity index (χ3n) is 2.99. The summed E-state index contributed by atoms with van der Waals surface area (Å²) in [6.45, 7) is 6.20. The molecule has 0 aliphatic carbocycles. The van der Waals surface area contributed by atoms with Gasteiger partial charge in [-0.05, 0) is 20.8 Å². The lowest BCUT2D eigenvalue weighted by molar-refractivity contribution is -0.147. The fourth-order valence-corrected chi connectivity index (χ4v) is 2.13. The van der Waals surface area contributed by atoms with E-state index in [-0.39, 0.29) is 18.2 Å². The second-order valence-corrected chi connectivity index (χ2v) is 5.65. The van der Waals surface area contributed by atoms with Gasteiger partial charge in [0.15, 0.2) is 0 Å². The van der Waals surface area contributed by atoms with Gasteiger partial charge in [-0.15, -0.1) is 0 Å². The van der Waals surface area contributed by atoms with Gasteiger partial charge in [0, 0.05) is 6.54 Å². The Bertz CT molecular complexity index is 362. The predicted molar refractivity (Wildman–Crippen MR) is 62.0 cm³/mol. The summed E-state index contributed by atoms with van der Waals surface area (Å²) in [5.41, 5.74) is -0.543. The first-order valence-corrected chi connectivity index (χ1v) is 6.03. The first-order chi connectivity index (χ1) is 8.31. The molecular weight excluding hydrogens is 238 g/mol. The van der Waals surface area contributed by atoms with Crippen LogP contribution < -0.4 is 0 Å². The van der Waals surface area contributed by atoms with Crippen LogP contribution in [0.1, 0.15) is 20.8 Å². The van der Waals surface area contributed by atoms with Crippen LogP contribution in [-0.4, -0.2) is 55.0 Å². The van der Waals surface area contributed by atoms with E-state index in [1.165, 1.54) is 12.0 Å². The smallest absolute Gasteiger partial charge is 0.410 e. The summed E-state index contributed by atoms with van der Waals surface area (Å²) in [7, 11) is 1.34. The highest BCUT2D eigenvalue weighted by atomic mass is 16.6. The maximum absolute atomic E-state index is 11.9. The number of ether oxygens (including phenoxy) is 3. The molecule has 0 saturated carbocycles. The molecular formula is C12H19NO5. The Balaban J connectivity index is 1.98. The van der Waals surface area contributed by atoms with Crippen LogP contribution in [-0.2, 0) is 19.0 Å². The molecule has 0 radical (unpaired) electrons. The number of likely N-dealkylation sites (tertiary alicyclic amines) is 1. The minimum Gasteiger partial charge on any atom is -0.469 e. The summed E-state index contributed by atoms with van der Waals surface area (Å²) in [5, 5.41) is 0. The SMILES string of the molecule is COC(=O)C1CN(C(=O)OC(C)(C)C)CC2OC21. The fourth-order valence-electron chi connectivity index (χ4n) is 2.13. The van der Waals surface area contributed by atoms with Crippen molar-refractivity contribution < 1.29 is 23.8 Å². The van der Waals surface area contributed by atoms with Crippen LogP contribution in [0.15, 0.2) is 0 Å². The number of carbonyl (C=O) groups is 2. The normalized spacial score (nSPS) is 30.4. The average Bonchev–Trinajstić information content (AvgIpc) is 3.03. The van der Waals surface area contributed by atoms with Crippen molar-refractivity contribution in [3.8, 4) is 0 Å². The molecule has 18 heavy (non-hydrogen) atoms. The zero-order valence-corrected chi connectivity index (χ0v) is 11.1. The standard InChI is InChI=1S/C12H19NO5/c1-12(2,3)18-11(15)13-5-7(10(14)16-4)9-8(6-13)17-9/h7-9H,5-6H2,1-4H3. The molecule has 2 heterocycles. The van der Waals surface area contributed by atoms with Gasteiger partial charge in [-0.2, -0.15) is 0 Å². The lowest BCUT2D eigenvalue weighted by Gasteiger charge is -2.31. The highest BCUT2D eigenvalue weighted by Crippen LogP contribution is 2.36. The van der Waals surface area contributed by atoms with E-state index in [1.54, 1.807) is 0 Å². The van der Waals surface area contributed by atoms with Gasteiger partial charge in [-0.1, -0.05) is 0 Å². The van der Waals surface area contributed by atoms with Crippen LogP contribution in [0.4, 0.5) is 4.79 Å². The number of amides is 1. The maximum atomic E-state index is 11.9.